The molecule has 0 aliphatic rings. The van der Waals surface area contributed by atoms with Gasteiger partial charge in [-0.1, -0.05) is 36.9 Å². The standard InChI is InChI=1S/C18H17N3O2/c1-3-8-15(9-4-2)21(16-10-6-5-7-11-16)18-19-12-14(13-20-18)17(22)23/h3-13H,1H2,2H3,(H,22,23). The number of aromatic nitrogens is 2. The highest BCUT2D eigenvalue weighted by Gasteiger charge is 2.16. The molecule has 0 atom stereocenters. The Labute approximate surface area is 134 Å². The van der Waals surface area contributed by atoms with Crippen molar-refractivity contribution in [1.29, 1.82) is 0 Å². The molecule has 0 amide bonds. The minimum atomic E-state index is -1.06. The summed E-state index contributed by atoms with van der Waals surface area (Å²) in [5, 5.41) is 8.98. The van der Waals surface area contributed by atoms with Crippen LogP contribution in [0.2, 0.25) is 0 Å². The fourth-order valence-electron chi connectivity index (χ4n) is 2.00. The smallest absolute Gasteiger partial charge is 0.338 e. The fourth-order valence-corrected chi connectivity index (χ4v) is 2.00. The van der Waals surface area contributed by atoms with Crippen LogP contribution in [-0.2, 0) is 0 Å². The number of carbonyl (C=O) groups is 1. The first-order chi connectivity index (χ1) is 11.2. The highest BCUT2D eigenvalue weighted by molar-refractivity contribution is 5.87. The highest BCUT2D eigenvalue weighted by Crippen LogP contribution is 2.27. The molecule has 1 heterocycles. The Kier molecular flexibility index (Phi) is 5.41. The maximum atomic E-state index is 11.0. The first kappa shape index (κ1) is 16.2. The van der Waals surface area contributed by atoms with E-state index < -0.39 is 5.97 Å². The molecule has 0 fully saturated rings. The van der Waals surface area contributed by atoms with Gasteiger partial charge in [0.25, 0.3) is 0 Å². The summed E-state index contributed by atoms with van der Waals surface area (Å²) in [5.41, 5.74) is 1.72. The minimum absolute atomic E-state index is 0.0436. The predicted molar refractivity (Wildman–Crippen MR) is 90.7 cm³/mol. The van der Waals surface area contributed by atoms with Crippen molar-refractivity contribution in [3.63, 3.8) is 0 Å². The highest BCUT2D eigenvalue weighted by atomic mass is 16.4. The zero-order valence-corrected chi connectivity index (χ0v) is 12.8. The summed E-state index contributed by atoms with van der Waals surface area (Å²) in [6.07, 6.45) is 9.90. The number of hydrogen-bond donors (Lipinski definition) is 1. The van der Waals surface area contributed by atoms with Crippen LogP contribution >= 0.6 is 0 Å². The van der Waals surface area contributed by atoms with Crippen LogP contribution in [-0.4, -0.2) is 21.0 Å². The molecule has 0 radical (unpaired) electrons. The Balaban J connectivity index is 2.55. The second-order valence-electron chi connectivity index (χ2n) is 4.58. The van der Waals surface area contributed by atoms with Crippen LogP contribution in [0.15, 0.2) is 79.3 Å². The van der Waals surface area contributed by atoms with Crippen LogP contribution in [0.4, 0.5) is 11.6 Å². The van der Waals surface area contributed by atoms with Gasteiger partial charge in [-0.15, -0.1) is 0 Å². The zero-order chi connectivity index (χ0) is 16.7. The number of carboxylic acid groups (broad SMARTS) is 1. The quantitative estimate of drug-likeness (QED) is 0.818. The van der Waals surface area contributed by atoms with Crippen LogP contribution in [0.5, 0.6) is 0 Å². The van der Waals surface area contributed by atoms with Crippen LogP contribution in [0.3, 0.4) is 0 Å². The van der Waals surface area contributed by atoms with Crippen LogP contribution in [0.1, 0.15) is 17.3 Å². The Hall–Kier alpha value is -3.21. The average Bonchev–Trinajstić information content (AvgIpc) is 2.57. The lowest BCUT2D eigenvalue weighted by Crippen LogP contribution is -2.18. The first-order valence-electron chi connectivity index (χ1n) is 7.03. The van der Waals surface area contributed by atoms with Gasteiger partial charge in [0.15, 0.2) is 0 Å². The van der Waals surface area contributed by atoms with Crippen molar-refractivity contribution < 1.29 is 9.90 Å². The maximum Gasteiger partial charge on any atom is 0.338 e. The maximum absolute atomic E-state index is 11.0. The van der Waals surface area contributed by atoms with Gasteiger partial charge in [-0.3, -0.25) is 4.90 Å². The molecule has 0 bridgehead atoms. The van der Waals surface area contributed by atoms with Crippen LogP contribution < -0.4 is 4.90 Å². The van der Waals surface area contributed by atoms with Crippen molar-refractivity contribution >= 4 is 17.6 Å². The van der Waals surface area contributed by atoms with E-state index in [-0.39, 0.29) is 5.56 Å². The van der Waals surface area contributed by atoms with Crippen molar-refractivity contribution in [2.75, 3.05) is 4.90 Å². The zero-order valence-electron chi connectivity index (χ0n) is 12.8. The van der Waals surface area contributed by atoms with Gasteiger partial charge in [-0.25, -0.2) is 14.8 Å². The number of allylic oxidation sites excluding steroid dienone is 4. The van der Waals surface area contributed by atoms with E-state index in [4.69, 9.17) is 5.11 Å². The van der Waals surface area contributed by atoms with Gasteiger partial charge in [-0.05, 0) is 31.2 Å². The summed E-state index contributed by atoms with van der Waals surface area (Å²) in [6, 6.07) is 9.59. The van der Waals surface area contributed by atoms with Gasteiger partial charge >= 0.3 is 5.97 Å². The van der Waals surface area contributed by atoms with Gasteiger partial charge in [0.05, 0.1) is 5.56 Å². The lowest BCUT2D eigenvalue weighted by molar-refractivity contribution is 0.0696. The van der Waals surface area contributed by atoms with Crippen LogP contribution in [0, 0.1) is 0 Å². The molecule has 1 aromatic heterocycles. The second kappa shape index (κ2) is 7.70. The third-order valence-corrected chi connectivity index (χ3v) is 2.98. The Bertz CT molecular complexity index is 735. The first-order valence-corrected chi connectivity index (χ1v) is 7.03. The molecular weight excluding hydrogens is 290 g/mol. The van der Waals surface area contributed by atoms with Crippen molar-refractivity contribution in [2.45, 2.75) is 6.92 Å². The molecule has 1 aromatic carbocycles. The summed E-state index contributed by atoms with van der Waals surface area (Å²) in [4.78, 5) is 21.2. The number of rotatable bonds is 6. The van der Waals surface area contributed by atoms with E-state index >= 15 is 0 Å². The number of para-hydroxylation sites is 1. The average molecular weight is 307 g/mol. The number of carboxylic acids is 1. The summed E-state index contributed by atoms with van der Waals surface area (Å²) < 4.78 is 0. The van der Waals surface area contributed by atoms with E-state index in [0.717, 1.165) is 11.4 Å². The third kappa shape index (κ3) is 3.91. The largest absolute Gasteiger partial charge is 0.478 e. The summed E-state index contributed by atoms with van der Waals surface area (Å²) >= 11 is 0. The van der Waals surface area contributed by atoms with E-state index in [2.05, 4.69) is 16.5 Å². The number of anilines is 2. The molecule has 0 spiro atoms. The Morgan fingerprint density at radius 1 is 1.22 bits per heavy atom. The van der Waals surface area contributed by atoms with E-state index in [1.54, 1.807) is 6.08 Å². The lowest BCUT2D eigenvalue weighted by Gasteiger charge is -2.23. The number of hydrogen-bond acceptors (Lipinski definition) is 4. The normalized spacial score (nSPS) is 11.4. The summed E-state index contributed by atoms with van der Waals surface area (Å²) in [6.45, 7) is 5.65. The molecule has 1 N–H and O–H groups in total. The summed E-state index contributed by atoms with van der Waals surface area (Å²) in [7, 11) is 0. The predicted octanol–water partition coefficient (Wildman–Crippen LogP) is 3.96. The molecule has 0 aliphatic heterocycles. The van der Waals surface area contributed by atoms with Gasteiger partial charge < -0.3 is 5.11 Å². The van der Waals surface area contributed by atoms with E-state index in [1.807, 2.05) is 60.4 Å². The molecule has 0 saturated carbocycles. The number of nitrogens with zero attached hydrogens (tertiary/aromatic N) is 3. The van der Waals surface area contributed by atoms with E-state index in [0.29, 0.717) is 5.95 Å². The monoisotopic (exact) mass is 307 g/mol. The van der Waals surface area contributed by atoms with Gasteiger partial charge in [-0.2, -0.15) is 0 Å². The van der Waals surface area contributed by atoms with Crippen molar-refractivity contribution in [1.82, 2.24) is 9.97 Å². The Morgan fingerprint density at radius 2 is 1.87 bits per heavy atom. The van der Waals surface area contributed by atoms with Gasteiger partial charge in [0, 0.05) is 23.8 Å². The van der Waals surface area contributed by atoms with Crippen molar-refractivity contribution in [3.05, 3.63) is 84.9 Å². The number of aromatic carboxylic acids is 1. The molecule has 5 heteroatoms. The molecule has 0 unspecified atom stereocenters. The van der Waals surface area contributed by atoms with Crippen LogP contribution in [0.25, 0.3) is 0 Å². The number of benzene rings is 1. The minimum Gasteiger partial charge on any atom is -0.478 e. The summed E-state index contributed by atoms with van der Waals surface area (Å²) in [5.74, 6) is -0.675. The fraction of sp³-hybridized carbons (Fsp3) is 0.0556. The molecule has 116 valence electrons. The molecule has 23 heavy (non-hydrogen) atoms. The molecule has 5 nitrogen and oxygen atoms in total. The van der Waals surface area contributed by atoms with Gasteiger partial charge in [0.1, 0.15) is 0 Å². The Morgan fingerprint density at radius 3 is 2.39 bits per heavy atom. The topological polar surface area (TPSA) is 66.3 Å². The van der Waals surface area contributed by atoms with Crippen molar-refractivity contribution in [2.24, 2.45) is 0 Å². The van der Waals surface area contributed by atoms with E-state index in [1.165, 1.54) is 12.4 Å². The van der Waals surface area contributed by atoms with E-state index in [9.17, 15) is 4.79 Å². The lowest BCUT2D eigenvalue weighted by atomic mass is 10.2. The molecule has 2 rings (SSSR count). The van der Waals surface area contributed by atoms with Gasteiger partial charge in [0.2, 0.25) is 5.95 Å². The third-order valence-electron chi connectivity index (χ3n) is 2.98. The van der Waals surface area contributed by atoms with Crippen molar-refractivity contribution in [3.8, 4) is 0 Å². The molecular formula is C18H17N3O2. The molecule has 0 aliphatic carbocycles. The second-order valence-corrected chi connectivity index (χ2v) is 4.58. The molecule has 0 saturated heterocycles. The SMILES string of the molecule is C=CC=C(C=CC)N(c1ccccc1)c1ncc(C(=O)O)cn1. The molecule has 2 aromatic rings.